The Morgan fingerprint density at radius 1 is 1.21 bits per heavy atom. The first-order chi connectivity index (χ1) is 16.6. The molecule has 2 aromatic carbocycles. The van der Waals surface area contributed by atoms with E-state index >= 15 is 0 Å². The molecule has 0 fully saturated rings. The lowest BCUT2D eigenvalue weighted by Crippen LogP contribution is -2.39. The zero-order chi connectivity index (χ0) is 23.7. The minimum absolute atomic E-state index is 0.0352. The van der Waals surface area contributed by atoms with Gasteiger partial charge in [-0.05, 0) is 42.1 Å². The van der Waals surface area contributed by atoms with Gasteiger partial charge in [-0.1, -0.05) is 36.4 Å². The van der Waals surface area contributed by atoms with Gasteiger partial charge in [-0.3, -0.25) is 4.79 Å². The fourth-order valence-corrected chi connectivity index (χ4v) is 5.07. The molecule has 4 aromatic rings. The Bertz CT molecular complexity index is 1310. The number of benzene rings is 2. The van der Waals surface area contributed by atoms with Crippen molar-refractivity contribution in [2.24, 2.45) is 5.10 Å². The van der Waals surface area contributed by atoms with E-state index < -0.39 is 12.1 Å². The number of aliphatic hydroxyl groups is 1. The summed E-state index contributed by atoms with van der Waals surface area (Å²) in [5.41, 5.74) is 2.99. The van der Waals surface area contributed by atoms with Crippen LogP contribution in [0.3, 0.4) is 0 Å². The molecule has 174 valence electrons. The van der Waals surface area contributed by atoms with Crippen LogP contribution in [0, 0.1) is 0 Å². The van der Waals surface area contributed by atoms with Crippen LogP contribution in [-0.2, 0) is 4.79 Å². The third-order valence-electron chi connectivity index (χ3n) is 6.17. The van der Waals surface area contributed by atoms with Gasteiger partial charge in [0.15, 0.2) is 0 Å². The van der Waals surface area contributed by atoms with Crippen molar-refractivity contribution in [3.05, 3.63) is 88.2 Å². The number of nitrogens with one attached hydrogen (secondary N) is 2. The summed E-state index contributed by atoms with van der Waals surface area (Å²) in [6, 6.07) is 18.7. The molecule has 34 heavy (non-hydrogen) atoms. The summed E-state index contributed by atoms with van der Waals surface area (Å²) in [5, 5.41) is 23.8. The standard InChI is InChI=1S/C26H26N4O3S/c1-16(22-8-5-13-34-22)27-15-23(31)30-25(17-9-11-18(33-2)12-10-17)26(32)24(29-30)20-14-28-21-7-4-3-6-19(20)21/h3-14,16,25-28,32H,15H2,1-2H3/t16-,25-,26+/m1/s1. The van der Waals surface area contributed by atoms with Crippen LogP contribution in [0.4, 0.5) is 0 Å². The van der Waals surface area contributed by atoms with E-state index in [9.17, 15) is 9.90 Å². The van der Waals surface area contributed by atoms with Gasteiger partial charge in [-0.25, -0.2) is 5.01 Å². The van der Waals surface area contributed by atoms with Crippen LogP contribution in [0.1, 0.15) is 35.0 Å². The lowest BCUT2D eigenvalue weighted by atomic mass is 9.95. The van der Waals surface area contributed by atoms with Gasteiger partial charge in [0.2, 0.25) is 0 Å². The summed E-state index contributed by atoms with van der Waals surface area (Å²) >= 11 is 1.65. The molecule has 0 bridgehead atoms. The molecule has 0 unspecified atom stereocenters. The molecular formula is C26H26N4O3S. The van der Waals surface area contributed by atoms with Crippen molar-refractivity contribution >= 4 is 33.9 Å². The predicted molar refractivity (Wildman–Crippen MR) is 134 cm³/mol. The van der Waals surface area contributed by atoms with Gasteiger partial charge in [0, 0.05) is 33.6 Å². The van der Waals surface area contributed by atoms with Crippen molar-refractivity contribution in [2.45, 2.75) is 25.1 Å². The number of para-hydroxylation sites is 1. The summed E-state index contributed by atoms with van der Waals surface area (Å²) in [5.74, 6) is 0.497. The number of ether oxygens (including phenoxy) is 1. The van der Waals surface area contributed by atoms with Gasteiger partial charge < -0.3 is 20.1 Å². The van der Waals surface area contributed by atoms with Gasteiger partial charge in [0.05, 0.1) is 13.7 Å². The molecule has 0 saturated heterocycles. The van der Waals surface area contributed by atoms with E-state index in [1.807, 2.05) is 79.2 Å². The molecule has 8 heteroatoms. The Morgan fingerprint density at radius 2 is 2.00 bits per heavy atom. The Labute approximate surface area is 201 Å². The predicted octanol–water partition coefficient (Wildman–Crippen LogP) is 4.24. The quantitative estimate of drug-likeness (QED) is 0.374. The van der Waals surface area contributed by atoms with Gasteiger partial charge in [-0.2, -0.15) is 5.10 Å². The lowest BCUT2D eigenvalue weighted by Gasteiger charge is -2.25. The van der Waals surface area contributed by atoms with Gasteiger partial charge in [0.25, 0.3) is 5.91 Å². The topological polar surface area (TPSA) is 90.0 Å². The number of amides is 1. The number of thiophene rings is 1. The Kier molecular flexibility index (Phi) is 6.19. The average Bonchev–Trinajstić information content (AvgIpc) is 3.61. The summed E-state index contributed by atoms with van der Waals surface area (Å²) in [7, 11) is 1.61. The normalized spacial score (nSPS) is 18.8. The molecule has 3 N–H and O–H groups in total. The maximum absolute atomic E-state index is 13.4. The highest BCUT2D eigenvalue weighted by Gasteiger charge is 2.41. The number of hydrazone groups is 1. The SMILES string of the molecule is COc1ccc([C@@H]2[C@@H](O)C(c3c[nH]c4ccccc34)=NN2C(=O)CN[C@H](C)c2cccs2)cc1. The highest BCUT2D eigenvalue weighted by Crippen LogP contribution is 2.35. The molecule has 5 rings (SSSR count). The van der Waals surface area contributed by atoms with Crippen molar-refractivity contribution in [1.82, 2.24) is 15.3 Å². The van der Waals surface area contributed by atoms with E-state index in [0.29, 0.717) is 11.5 Å². The summed E-state index contributed by atoms with van der Waals surface area (Å²) in [6.45, 7) is 2.13. The van der Waals surface area contributed by atoms with Crippen LogP contribution in [0.25, 0.3) is 10.9 Å². The number of carbonyl (C=O) groups is 1. The number of H-pyrrole nitrogens is 1. The van der Waals surface area contributed by atoms with Crippen molar-refractivity contribution in [3.8, 4) is 5.75 Å². The first-order valence-corrected chi connectivity index (χ1v) is 12.0. The molecule has 0 aliphatic carbocycles. The van der Waals surface area contributed by atoms with Crippen molar-refractivity contribution < 1.29 is 14.6 Å². The second-order valence-corrected chi connectivity index (χ2v) is 9.23. The van der Waals surface area contributed by atoms with Crippen molar-refractivity contribution in [1.29, 1.82) is 0 Å². The second-order valence-electron chi connectivity index (χ2n) is 8.25. The molecule has 1 amide bonds. The number of carbonyl (C=O) groups excluding carboxylic acids is 1. The molecule has 3 atom stereocenters. The van der Waals surface area contributed by atoms with E-state index in [-0.39, 0.29) is 18.5 Å². The van der Waals surface area contributed by atoms with Crippen LogP contribution in [0.5, 0.6) is 5.75 Å². The van der Waals surface area contributed by atoms with Crippen molar-refractivity contribution in [3.63, 3.8) is 0 Å². The number of hydrogen-bond donors (Lipinski definition) is 3. The number of aliphatic hydroxyl groups excluding tert-OH is 1. The fourth-order valence-electron chi connectivity index (χ4n) is 4.31. The van der Waals surface area contributed by atoms with E-state index in [2.05, 4.69) is 15.4 Å². The molecule has 1 aliphatic rings. The maximum atomic E-state index is 13.4. The lowest BCUT2D eigenvalue weighted by molar-refractivity contribution is -0.133. The molecule has 0 saturated carbocycles. The second kappa shape index (κ2) is 9.42. The molecule has 2 aromatic heterocycles. The largest absolute Gasteiger partial charge is 0.497 e. The van der Waals surface area contributed by atoms with E-state index in [4.69, 9.17) is 4.74 Å². The molecule has 0 spiro atoms. The van der Waals surface area contributed by atoms with Gasteiger partial charge in [-0.15, -0.1) is 11.3 Å². The Morgan fingerprint density at radius 3 is 2.74 bits per heavy atom. The number of rotatable bonds is 7. The Hall–Kier alpha value is -3.46. The number of fused-ring (bicyclic) bond motifs is 1. The molecule has 3 heterocycles. The zero-order valence-corrected chi connectivity index (χ0v) is 19.8. The van der Waals surface area contributed by atoms with Crippen molar-refractivity contribution in [2.75, 3.05) is 13.7 Å². The zero-order valence-electron chi connectivity index (χ0n) is 18.9. The van der Waals surface area contributed by atoms with Crippen LogP contribution < -0.4 is 10.1 Å². The summed E-state index contributed by atoms with van der Waals surface area (Å²) in [6.07, 6.45) is 0.856. The molecule has 7 nitrogen and oxygen atoms in total. The number of aromatic nitrogens is 1. The van der Waals surface area contributed by atoms with Crippen LogP contribution in [0.2, 0.25) is 0 Å². The van der Waals surface area contributed by atoms with Crippen LogP contribution in [-0.4, -0.2) is 46.5 Å². The molecular weight excluding hydrogens is 448 g/mol. The van der Waals surface area contributed by atoms with Gasteiger partial charge in [0.1, 0.15) is 23.6 Å². The van der Waals surface area contributed by atoms with E-state index in [1.54, 1.807) is 18.4 Å². The highest BCUT2D eigenvalue weighted by atomic mass is 32.1. The smallest absolute Gasteiger partial charge is 0.257 e. The Balaban J connectivity index is 1.47. The fraction of sp³-hybridized carbons (Fsp3) is 0.231. The first-order valence-electron chi connectivity index (χ1n) is 11.1. The third-order valence-corrected chi connectivity index (χ3v) is 7.22. The highest BCUT2D eigenvalue weighted by molar-refractivity contribution is 7.10. The molecule has 0 radical (unpaired) electrons. The number of aromatic amines is 1. The van der Waals surface area contributed by atoms with E-state index in [0.717, 1.165) is 26.9 Å². The minimum atomic E-state index is -0.980. The monoisotopic (exact) mass is 474 g/mol. The summed E-state index contributed by atoms with van der Waals surface area (Å²) < 4.78 is 5.28. The maximum Gasteiger partial charge on any atom is 0.257 e. The minimum Gasteiger partial charge on any atom is -0.497 e. The van der Waals surface area contributed by atoms with Crippen LogP contribution in [0.15, 0.2) is 77.3 Å². The number of methoxy groups -OCH3 is 1. The van der Waals surface area contributed by atoms with Gasteiger partial charge >= 0.3 is 0 Å². The number of nitrogens with zero attached hydrogens (tertiary/aromatic N) is 2. The van der Waals surface area contributed by atoms with Crippen LogP contribution >= 0.6 is 11.3 Å². The number of hydrogen-bond acceptors (Lipinski definition) is 6. The molecule has 1 aliphatic heterocycles. The average molecular weight is 475 g/mol. The first kappa shape index (κ1) is 22.3. The summed E-state index contributed by atoms with van der Waals surface area (Å²) in [4.78, 5) is 17.8. The third kappa shape index (κ3) is 4.11. The van der Waals surface area contributed by atoms with E-state index in [1.165, 1.54) is 5.01 Å².